The lowest BCUT2D eigenvalue weighted by atomic mass is 10.5. The van der Waals surface area contributed by atoms with Crippen molar-refractivity contribution >= 4 is 17.3 Å². The summed E-state index contributed by atoms with van der Waals surface area (Å²) in [7, 11) is 1.63. The van der Waals surface area contributed by atoms with Gasteiger partial charge in [0, 0.05) is 19.5 Å². The third kappa shape index (κ3) is 3.81. The van der Waals surface area contributed by atoms with Gasteiger partial charge in [-0.1, -0.05) is 0 Å². The summed E-state index contributed by atoms with van der Waals surface area (Å²) >= 11 is 0. The molecule has 0 radical (unpaired) electrons. The molecule has 3 N–H and O–H groups in total. The molecule has 2 rings (SSSR count). The standard InChI is InChI=1S/C11H16N6O2/c1-19-3-2-16-7-10(5-14-16)15-11(18)8-17-6-9(12)4-13-17/h4-7H,2-3,8,12H2,1H3,(H,15,18). The SMILES string of the molecule is COCCn1cc(NC(=O)Cn2cc(N)cn2)cn1. The molecule has 8 heteroatoms. The molecular weight excluding hydrogens is 248 g/mol. The Morgan fingerprint density at radius 3 is 2.84 bits per heavy atom. The van der Waals surface area contributed by atoms with E-state index >= 15 is 0 Å². The van der Waals surface area contributed by atoms with E-state index in [9.17, 15) is 4.79 Å². The van der Waals surface area contributed by atoms with E-state index in [0.29, 0.717) is 24.5 Å². The van der Waals surface area contributed by atoms with Crippen molar-refractivity contribution in [2.45, 2.75) is 13.1 Å². The van der Waals surface area contributed by atoms with Crippen LogP contribution in [0.4, 0.5) is 11.4 Å². The number of ether oxygens (including phenoxy) is 1. The third-order valence-corrected chi connectivity index (χ3v) is 2.40. The van der Waals surface area contributed by atoms with E-state index in [1.807, 2.05) is 0 Å². The molecule has 19 heavy (non-hydrogen) atoms. The Morgan fingerprint density at radius 1 is 1.37 bits per heavy atom. The highest BCUT2D eigenvalue weighted by molar-refractivity contribution is 5.90. The minimum absolute atomic E-state index is 0.112. The number of nitrogen functional groups attached to an aromatic ring is 1. The molecule has 0 fully saturated rings. The molecule has 2 heterocycles. The van der Waals surface area contributed by atoms with Crippen LogP contribution >= 0.6 is 0 Å². The first-order chi connectivity index (χ1) is 9.17. The third-order valence-electron chi connectivity index (χ3n) is 2.40. The number of methoxy groups -OCH3 is 1. The van der Waals surface area contributed by atoms with Crippen LogP contribution in [-0.4, -0.2) is 39.2 Å². The van der Waals surface area contributed by atoms with Crippen molar-refractivity contribution in [2.75, 3.05) is 24.8 Å². The second-order valence-electron chi connectivity index (χ2n) is 4.00. The number of rotatable bonds is 6. The van der Waals surface area contributed by atoms with Crippen LogP contribution in [0.5, 0.6) is 0 Å². The lowest BCUT2D eigenvalue weighted by Crippen LogP contribution is -2.18. The van der Waals surface area contributed by atoms with Crippen LogP contribution in [0.3, 0.4) is 0 Å². The second kappa shape index (κ2) is 6.01. The number of hydrogen-bond acceptors (Lipinski definition) is 5. The molecule has 0 atom stereocenters. The number of carbonyl (C=O) groups excluding carboxylic acids is 1. The van der Waals surface area contributed by atoms with E-state index in [1.54, 1.807) is 30.4 Å². The Morgan fingerprint density at radius 2 is 2.16 bits per heavy atom. The number of nitrogens with one attached hydrogen (secondary N) is 1. The van der Waals surface area contributed by atoms with Crippen molar-refractivity contribution < 1.29 is 9.53 Å². The molecule has 102 valence electrons. The van der Waals surface area contributed by atoms with Crippen LogP contribution in [-0.2, 0) is 22.6 Å². The number of nitrogens with two attached hydrogens (primary N) is 1. The van der Waals surface area contributed by atoms with Crippen LogP contribution < -0.4 is 11.1 Å². The maximum absolute atomic E-state index is 11.7. The summed E-state index contributed by atoms with van der Waals surface area (Å²) in [4.78, 5) is 11.7. The number of amides is 1. The lowest BCUT2D eigenvalue weighted by Gasteiger charge is -2.02. The molecular formula is C11H16N6O2. The summed E-state index contributed by atoms with van der Waals surface area (Å²) < 4.78 is 8.12. The molecule has 0 saturated heterocycles. The van der Waals surface area contributed by atoms with Gasteiger partial charge in [-0.3, -0.25) is 14.2 Å². The van der Waals surface area contributed by atoms with Gasteiger partial charge < -0.3 is 15.8 Å². The van der Waals surface area contributed by atoms with Gasteiger partial charge in [-0.05, 0) is 0 Å². The van der Waals surface area contributed by atoms with Gasteiger partial charge >= 0.3 is 0 Å². The first-order valence-corrected chi connectivity index (χ1v) is 5.76. The summed E-state index contributed by atoms with van der Waals surface area (Å²) in [5, 5.41) is 10.8. The molecule has 2 aromatic rings. The molecule has 0 spiro atoms. The number of aromatic nitrogens is 4. The van der Waals surface area contributed by atoms with E-state index < -0.39 is 0 Å². The average molecular weight is 264 g/mol. The minimum Gasteiger partial charge on any atom is -0.396 e. The molecule has 0 aliphatic heterocycles. The van der Waals surface area contributed by atoms with Crippen LogP contribution in [0.2, 0.25) is 0 Å². The number of anilines is 2. The topological polar surface area (TPSA) is 100.0 Å². The van der Waals surface area contributed by atoms with Gasteiger partial charge in [-0.15, -0.1) is 0 Å². The summed E-state index contributed by atoms with van der Waals surface area (Å²) in [6.45, 7) is 1.32. The summed E-state index contributed by atoms with van der Waals surface area (Å²) in [5.74, 6) is -0.186. The highest BCUT2D eigenvalue weighted by atomic mass is 16.5. The molecule has 0 bridgehead atoms. The zero-order valence-corrected chi connectivity index (χ0v) is 10.6. The maximum Gasteiger partial charge on any atom is 0.246 e. The van der Waals surface area contributed by atoms with E-state index in [0.717, 1.165) is 0 Å². The quantitative estimate of drug-likeness (QED) is 0.761. The fourth-order valence-corrected chi connectivity index (χ4v) is 1.55. The van der Waals surface area contributed by atoms with Crippen LogP contribution in [0, 0.1) is 0 Å². The van der Waals surface area contributed by atoms with Gasteiger partial charge in [-0.2, -0.15) is 10.2 Å². The number of hydrogen-bond donors (Lipinski definition) is 2. The Balaban J connectivity index is 1.86. The molecule has 0 aromatic carbocycles. The molecule has 0 saturated carbocycles. The summed E-state index contributed by atoms with van der Waals surface area (Å²) in [6, 6.07) is 0. The number of nitrogens with zero attached hydrogens (tertiary/aromatic N) is 4. The number of carbonyl (C=O) groups is 1. The highest BCUT2D eigenvalue weighted by Gasteiger charge is 2.06. The largest absolute Gasteiger partial charge is 0.396 e. The van der Waals surface area contributed by atoms with Crippen molar-refractivity contribution in [1.82, 2.24) is 19.6 Å². The fourth-order valence-electron chi connectivity index (χ4n) is 1.55. The first-order valence-electron chi connectivity index (χ1n) is 5.76. The normalized spacial score (nSPS) is 10.6. The van der Waals surface area contributed by atoms with Gasteiger partial charge in [0.25, 0.3) is 0 Å². The van der Waals surface area contributed by atoms with Gasteiger partial charge in [0.1, 0.15) is 6.54 Å². The summed E-state index contributed by atoms with van der Waals surface area (Å²) in [5.41, 5.74) is 6.68. The zero-order chi connectivity index (χ0) is 13.7. The predicted molar refractivity (Wildman–Crippen MR) is 69.4 cm³/mol. The Kier molecular flexibility index (Phi) is 4.14. The molecule has 0 unspecified atom stereocenters. The van der Waals surface area contributed by atoms with E-state index in [4.69, 9.17) is 10.5 Å². The first kappa shape index (κ1) is 13.1. The fraction of sp³-hybridized carbons (Fsp3) is 0.364. The molecule has 0 aliphatic carbocycles. The Bertz CT molecular complexity index is 547. The highest BCUT2D eigenvalue weighted by Crippen LogP contribution is 2.05. The van der Waals surface area contributed by atoms with Gasteiger partial charge in [0.05, 0.1) is 36.9 Å². The van der Waals surface area contributed by atoms with Gasteiger partial charge in [0.2, 0.25) is 5.91 Å². The molecule has 8 nitrogen and oxygen atoms in total. The van der Waals surface area contributed by atoms with Gasteiger partial charge in [0.15, 0.2) is 0 Å². The van der Waals surface area contributed by atoms with E-state index in [-0.39, 0.29) is 12.5 Å². The van der Waals surface area contributed by atoms with Crippen molar-refractivity contribution in [3.05, 3.63) is 24.8 Å². The molecule has 1 amide bonds. The van der Waals surface area contributed by atoms with E-state index in [2.05, 4.69) is 15.5 Å². The van der Waals surface area contributed by atoms with Crippen LogP contribution in [0.1, 0.15) is 0 Å². The van der Waals surface area contributed by atoms with Crippen molar-refractivity contribution in [2.24, 2.45) is 0 Å². The second-order valence-corrected chi connectivity index (χ2v) is 4.00. The van der Waals surface area contributed by atoms with Crippen LogP contribution in [0.15, 0.2) is 24.8 Å². The van der Waals surface area contributed by atoms with Crippen molar-refractivity contribution in [3.63, 3.8) is 0 Å². The maximum atomic E-state index is 11.7. The van der Waals surface area contributed by atoms with Gasteiger partial charge in [-0.25, -0.2) is 0 Å². The van der Waals surface area contributed by atoms with Crippen molar-refractivity contribution in [1.29, 1.82) is 0 Å². The lowest BCUT2D eigenvalue weighted by molar-refractivity contribution is -0.116. The molecule has 2 aromatic heterocycles. The monoisotopic (exact) mass is 264 g/mol. The zero-order valence-electron chi connectivity index (χ0n) is 10.6. The Labute approximate surface area is 110 Å². The Hall–Kier alpha value is -2.35. The van der Waals surface area contributed by atoms with Crippen molar-refractivity contribution in [3.8, 4) is 0 Å². The predicted octanol–water partition coefficient (Wildman–Crippen LogP) is -0.0531. The smallest absolute Gasteiger partial charge is 0.246 e. The van der Waals surface area contributed by atoms with Crippen LogP contribution in [0.25, 0.3) is 0 Å². The summed E-state index contributed by atoms with van der Waals surface area (Å²) in [6.07, 6.45) is 6.43. The minimum atomic E-state index is -0.186. The average Bonchev–Trinajstić information content (AvgIpc) is 2.96. The molecule has 0 aliphatic rings. The van der Waals surface area contributed by atoms with E-state index in [1.165, 1.54) is 10.9 Å².